The topological polar surface area (TPSA) is 288 Å². The first kappa shape index (κ1) is 36.2. The van der Waals surface area contributed by atoms with Crippen LogP contribution in [0.3, 0.4) is 0 Å². The first-order valence-corrected chi connectivity index (χ1v) is 15.6. The molecule has 0 saturated carbocycles. The normalized spacial score (nSPS) is 37.8. The molecule has 0 amide bonds. The van der Waals surface area contributed by atoms with E-state index in [0.29, 0.717) is 0 Å². The third-order valence-corrected chi connectivity index (χ3v) is 8.86. The van der Waals surface area contributed by atoms with Crippen molar-refractivity contribution in [2.24, 2.45) is 0 Å². The fraction of sp³-hybridized carbons (Fsp3) is 0.531. The second-order valence-corrected chi connectivity index (χ2v) is 12.4. The first-order chi connectivity index (χ1) is 23.7. The van der Waals surface area contributed by atoms with Crippen molar-refractivity contribution in [2.45, 2.75) is 99.9 Å². The minimum atomic E-state index is -1.80. The number of rotatable bonds is 7. The molecule has 3 aliphatic rings. The van der Waals surface area contributed by atoms with Gasteiger partial charge in [-0.15, -0.1) is 0 Å². The number of aliphatic hydroxyl groups is 8. The van der Waals surface area contributed by atoms with E-state index < -0.39 is 115 Å². The SMILES string of the molecule is CC1O[C@@H](Oc2c(-c3ccc(O)cc3)oc3cc(O[C@@H]4OC(C)[C@H](O)[C@H](O)C4O)cc(O)c3c2=O)[C@@H](O[C@@H]2OC[C@@H](O)C(O)[C@H]2O)C(O)[C@H]1O. The van der Waals surface area contributed by atoms with Gasteiger partial charge >= 0.3 is 0 Å². The molecule has 18 heteroatoms. The van der Waals surface area contributed by atoms with Crippen molar-refractivity contribution in [3.8, 4) is 34.3 Å². The van der Waals surface area contributed by atoms with Crippen LogP contribution in [0, 0.1) is 0 Å². The molecule has 3 aromatic rings. The van der Waals surface area contributed by atoms with E-state index in [1.54, 1.807) is 0 Å². The van der Waals surface area contributed by atoms with E-state index >= 15 is 0 Å². The van der Waals surface area contributed by atoms with E-state index in [1.165, 1.54) is 44.2 Å². The number of phenols is 2. The summed E-state index contributed by atoms with van der Waals surface area (Å²) >= 11 is 0. The molecule has 0 spiro atoms. The molecule has 0 bridgehead atoms. The summed E-state index contributed by atoms with van der Waals surface area (Å²) in [4.78, 5) is 14.1. The first-order valence-electron chi connectivity index (χ1n) is 15.6. The number of hydrogen-bond donors (Lipinski definition) is 10. The quantitative estimate of drug-likeness (QED) is 0.124. The van der Waals surface area contributed by atoms with Gasteiger partial charge in [-0.3, -0.25) is 4.79 Å². The summed E-state index contributed by atoms with van der Waals surface area (Å²) in [5, 5.41) is 103. The van der Waals surface area contributed by atoms with Crippen LogP contribution in [0.5, 0.6) is 23.0 Å². The maximum Gasteiger partial charge on any atom is 0.239 e. The average molecular weight is 711 g/mol. The van der Waals surface area contributed by atoms with E-state index in [-0.39, 0.29) is 28.4 Å². The van der Waals surface area contributed by atoms with E-state index in [1.807, 2.05) is 0 Å². The predicted octanol–water partition coefficient (Wildman–Crippen LogP) is -2.25. The maximum atomic E-state index is 14.1. The van der Waals surface area contributed by atoms with Gasteiger partial charge in [0.25, 0.3) is 0 Å². The van der Waals surface area contributed by atoms with Gasteiger partial charge < -0.3 is 83.9 Å². The second-order valence-electron chi connectivity index (χ2n) is 12.4. The lowest BCUT2D eigenvalue weighted by molar-refractivity contribution is -0.341. The van der Waals surface area contributed by atoms with Crippen LogP contribution in [0.2, 0.25) is 0 Å². The standard InChI is InChI=1S/C32H38O18/c1-10-19(36)23(40)26(43)31(45-10)47-14-7-15(34)18-17(8-14)48-27(12-3-5-13(33)6-4-12)28(22(18)39)49-32-29(24(41)20(37)11(2)46-32)50-30-25(42)21(38)16(35)9-44-30/h3-8,10-11,16,19-21,23-26,29-38,40-43H,9H2,1-2H3/t10?,11?,16-,19+,20+,21?,23+,24?,25-,26?,29+,30+,31+,32+/m1/s1. The molecular formula is C32H38O18. The maximum absolute atomic E-state index is 14.1. The number of aromatic hydroxyl groups is 2. The lowest BCUT2D eigenvalue weighted by atomic mass is 9.99. The molecule has 3 aliphatic heterocycles. The van der Waals surface area contributed by atoms with Gasteiger partial charge in [0.05, 0.1) is 18.8 Å². The van der Waals surface area contributed by atoms with Crippen molar-refractivity contribution in [1.82, 2.24) is 0 Å². The Bertz CT molecular complexity index is 1710. The van der Waals surface area contributed by atoms with Gasteiger partial charge in [0.15, 0.2) is 18.2 Å². The van der Waals surface area contributed by atoms with Crippen molar-refractivity contribution in [2.75, 3.05) is 6.61 Å². The molecule has 3 fully saturated rings. The van der Waals surface area contributed by atoms with Crippen molar-refractivity contribution in [3.63, 3.8) is 0 Å². The van der Waals surface area contributed by atoms with Gasteiger partial charge in [-0.1, -0.05) is 0 Å². The van der Waals surface area contributed by atoms with Gasteiger partial charge in [0.2, 0.25) is 23.8 Å². The fourth-order valence-corrected chi connectivity index (χ4v) is 5.89. The fourth-order valence-electron chi connectivity index (χ4n) is 5.89. The highest BCUT2D eigenvalue weighted by atomic mass is 16.8. The molecule has 6 rings (SSSR count). The van der Waals surface area contributed by atoms with Gasteiger partial charge in [0, 0.05) is 17.7 Å². The summed E-state index contributed by atoms with van der Waals surface area (Å²) in [5.41, 5.74) is -1.06. The molecule has 0 aliphatic carbocycles. The zero-order valence-corrected chi connectivity index (χ0v) is 26.5. The van der Waals surface area contributed by atoms with Crippen LogP contribution in [0.4, 0.5) is 0 Å². The Hall–Kier alpha value is -3.63. The van der Waals surface area contributed by atoms with Crippen molar-refractivity contribution < 1.29 is 83.9 Å². The molecule has 1 aromatic heterocycles. The van der Waals surface area contributed by atoms with Crippen LogP contribution in [0.1, 0.15) is 13.8 Å². The monoisotopic (exact) mass is 710 g/mol. The van der Waals surface area contributed by atoms with Crippen LogP contribution in [-0.4, -0.2) is 144 Å². The summed E-state index contributed by atoms with van der Waals surface area (Å²) in [6.07, 6.45) is -21.5. The Labute approximate surface area is 282 Å². The summed E-state index contributed by atoms with van der Waals surface area (Å²) in [6, 6.07) is 7.53. The van der Waals surface area contributed by atoms with Gasteiger partial charge in [-0.05, 0) is 38.1 Å². The Balaban J connectivity index is 1.40. The predicted molar refractivity (Wildman–Crippen MR) is 164 cm³/mol. The molecular weight excluding hydrogens is 672 g/mol. The Morgan fingerprint density at radius 2 is 1.32 bits per heavy atom. The Kier molecular flexibility index (Phi) is 10.3. The highest BCUT2D eigenvalue weighted by Crippen LogP contribution is 2.39. The Morgan fingerprint density at radius 1 is 0.700 bits per heavy atom. The zero-order valence-electron chi connectivity index (χ0n) is 26.5. The van der Waals surface area contributed by atoms with Crippen LogP contribution in [0.15, 0.2) is 45.6 Å². The number of phenolic OH excluding ortho intramolecular Hbond substituents is 2. The summed E-state index contributed by atoms with van der Waals surface area (Å²) in [5.74, 6) is -1.84. The molecule has 0 radical (unpaired) electrons. The molecule has 274 valence electrons. The molecule has 5 unspecified atom stereocenters. The van der Waals surface area contributed by atoms with E-state index in [2.05, 4.69) is 0 Å². The van der Waals surface area contributed by atoms with Crippen molar-refractivity contribution in [1.29, 1.82) is 0 Å². The molecule has 18 nitrogen and oxygen atoms in total. The smallest absolute Gasteiger partial charge is 0.239 e. The number of hydrogen-bond acceptors (Lipinski definition) is 18. The third kappa shape index (κ3) is 6.73. The number of benzene rings is 2. The van der Waals surface area contributed by atoms with Crippen LogP contribution >= 0.6 is 0 Å². The molecule has 3 saturated heterocycles. The number of ether oxygens (including phenoxy) is 6. The van der Waals surface area contributed by atoms with Crippen LogP contribution in [0.25, 0.3) is 22.3 Å². The second kappa shape index (κ2) is 14.2. The van der Waals surface area contributed by atoms with Crippen LogP contribution < -0.4 is 14.9 Å². The lowest BCUT2D eigenvalue weighted by Crippen LogP contribution is -2.62. The van der Waals surface area contributed by atoms with E-state index in [4.69, 9.17) is 32.8 Å². The molecule has 14 atom stereocenters. The highest BCUT2D eigenvalue weighted by molar-refractivity contribution is 5.88. The van der Waals surface area contributed by atoms with Gasteiger partial charge in [-0.2, -0.15) is 0 Å². The van der Waals surface area contributed by atoms with Crippen molar-refractivity contribution >= 4 is 11.0 Å². The molecule has 50 heavy (non-hydrogen) atoms. The summed E-state index contributed by atoms with van der Waals surface area (Å²) in [7, 11) is 0. The van der Waals surface area contributed by atoms with Crippen LogP contribution in [-0.2, 0) is 18.9 Å². The third-order valence-electron chi connectivity index (χ3n) is 8.86. The number of aliphatic hydroxyl groups excluding tert-OH is 8. The van der Waals surface area contributed by atoms with Crippen molar-refractivity contribution in [3.05, 3.63) is 46.6 Å². The van der Waals surface area contributed by atoms with E-state index in [0.717, 1.165) is 6.07 Å². The van der Waals surface area contributed by atoms with Gasteiger partial charge in [0.1, 0.15) is 77.0 Å². The minimum absolute atomic E-state index is 0.131. The lowest BCUT2D eigenvalue weighted by Gasteiger charge is -2.44. The zero-order chi connectivity index (χ0) is 36.2. The molecule has 4 heterocycles. The van der Waals surface area contributed by atoms with Gasteiger partial charge in [-0.25, -0.2) is 0 Å². The summed E-state index contributed by atoms with van der Waals surface area (Å²) in [6.45, 7) is 2.40. The largest absolute Gasteiger partial charge is 0.508 e. The summed E-state index contributed by atoms with van der Waals surface area (Å²) < 4.78 is 40.0. The molecule has 2 aromatic carbocycles. The van der Waals surface area contributed by atoms with E-state index in [9.17, 15) is 55.9 Å². The Morgan fingerprint density at radius 3 is 2.00 bits per heavy atom. The average Bonchev–Trinajstić information content (AvgIpc) is 3.08. The number of fused-ring (bicyclic) bond motifs is 1. The molecule has 10 N–H and O–H groups in total. The highest BCUT2D eigenvalue weighted by Gasteiger charge is 2.49. The minimum Gasteiger partial charge on any atom is -0.508 e.